The molecule has 2 rings (SSSR count). The van der Waals surface area contributed by atoms with Gasteiger partial charge < -0.3 is 15.5 Å². The Morgan fingerprint density at radius 3 is 2.05 bits per heavy atom. The van der Waals surface area contributed by atoms with E-state index in [4.69, 9.17) is 0 Å². The highest BCUT2D eigenvalue weighted by atomic mass is 16.3. The number of phenolic OH excluding ortho intramolecular Hbond substituents is 2. The monoisotopic (exact) mass is 267 g/mol. The van der Waals surface area contributed by atoms with Crippen LogP contribution in [0.4, 0.5) is 0 Å². The maximum absolute atomic E-state index is 10.00. The predicted molar refractivity (Wildman–Crippen MR) is 72.3 cm³/mol. The average molecular weight is 267 g/mol. The second kappa shape index (κ2) is 4.99. The van der Waals surface area contributed by atoms with Crippen LogP contribution in [0.15, 0.2) is 40.7 Å². The molecule has 5 nitrogen and oxygen atoms in total. The summed E-state index contributed by atoms with van der Waals surface area (Å²) in [7, 11) is 0. The molecule has 1 aromatic rings. The van der Waals surface area contributed by atoms with Crippen LogP contribution >= 0.6 is 0 Å². The number of nitrogens with zero attached hydrogens (tertiary/aromatic N) is 2. The van der Waals surface area contributed by atoms with Crippen molar-refractivity contribution in [2.24, 2.45) is 0 Å². The molecule has 5 heteroatoms. The minimum Gasteiger partial charge on any atom is -0.508 e. The smallest absolute Gasteiger partial charge is 0.123 e. The first-order chi connectivity index (χ1) is 9.49. The number of allylic oxidation sites excluding steroid dienone is 4. The zero-order valence-electron chi connectivity index (χ0n) is 11.1. The van der Waals surface area contributed by atoms with E-state index in [9.17, 15) is 20.7 Å². The van der Waals surface area contributed by atoms with E-state index in [1.807, 2.05) is 0 Å². The molecule has 0 atom stereocenters. The van der Waals surface area contributed by atoms with Gasteiger partial charge in [-0.05, 0) is 19.9 Å². The average Bonchev–Trinajstić information content (AvgIpc) is 2.38. The molecule has 0 bridgehead atoms. The molecular formula is C15H13N3O2. The van der Waals surface area contributed by atoms with E-state index in [0.717, 1.165) is 0 Å². The highest BCUT2D eigenvalue weighted by Crippen LogP contribution is 2.41. The number of hydrogen-bond acceptors (Lipinski definition) is 5. The quantitative estimate of drug-likeness (QED) is 0.725. The summed E-state index contributed by atoms with van der Waals surface area (Å²) in [5.41, 5.74) is 2.50. The van der Waals surface area contributed by atoms with Gasteiger partial charge >= 0.3 is 0 Å². The lowest BCUT2D eigenvalue weighted by molar-refractivity contribution is 0.445. The van der Waals surface area contributed by atoms with Crippen LogP contribution in [0.2, 0.25) is 0 Å². The second-order valence-electron chi connectivity index (χ2n) is 4.60. The van der Waals surface area contributed by atoms with Crippen molar-refractivity contribution in [2.45, 2.75) is 19.8 Å². The summed E-state index contributed by atoms with van der Waals surface area (Å²) in [6, 6.07) is 8.32. The molecule has 3 N–H and O–H groups in total. The van der Waals surface area contributed by atoms with Gasteiger partial charge in [-0.3, -0.25) is 0 Å². The van der Waals surface area contributed by atoms with Gasteiger partial charge in [0.1, 0.15) is 11.5 Å². The van der Waals surface area contributed by atoms with Crippen molar-refractivity contribution in [3.8, 4) is 23.6 Å². The van der Waals surface area contributed by atoms with Gasteiger partial charge in [-0.25, -0.2) is 0 Å². The third kappa shape index (κ3) is 2.06. The van der Waals surface area contributed by atoms with E-state index >= 15 is 0 Å². The van der Waals surface area contributed by atoms with E-state index in [-0.39, 0.29) is 11.5 Å². The molecule has 1 aliphatic rings. The fourth-order valence-electron chi connectivity index (χ4n) is 2.38. The molecule has 0 fully saturated rings. The molecule has 0 saturated carbocycles. The number of hydrogen-bond donors (Lipinski definition) is 3. The number of nitrogens with one attached hydrogen (secondary N) is 1. The zero-order valence-corrected chi connectivity index (χ0v) is 11.1. The van der Waals surface area contributed by atoms with Gasteiger partial charge in [0.05, 0.1) is 29.2 Å². The number of rotatable bonds is 1. The Kier molecular flexibility index (Phi) is 3.37. The molecule has 0 radical (unpaired) electrons. The summed E-state index contributed by atoms with van der Waals surface area (Å²) < 4.78 is 0. The van der Waals surface area contributed by atoms with Crippen LogP contribution in [0.1, 0.15) is 25.3 Å². The van der Waals surface area contributed by atoms with E-state index in [0.29, 0.717) is 28.1 Å². The van der Waals surface area contributed by atoms with Gasteiger partial charge in [0.2, 0.25) is 0 Å². The first-order valence-corrected chi connectivity index (χ1v) is 6.00. The molecule has 1 aliphatic heterocycles. The van der Waals surface area contributed by atoms with Crippen LogP contribution in [-0.2, 0) is 0 Å². The van der Waals surface area contributed by atoms with Crippen LogP contribution in [0.5, 0.6) is 11.5 Å². The lowest BCUT2D eigenvalue weighted by Gasteiger charge is -2.26. The Morgan fingerprint density at radius 1 is 1.05 bits per heavy atom. The molecule has 0 aromatic heterocycles. The summed E-state index contributed by atoms with van der Waals surface area (Å²) in [5.74, 6) is -0.830. The van der Waals surface area contributed by atoms with Gasteiger partial charge in [0.25, 0.3) is 0 Å². The third-order valence-corrected chi connectivity index (χ3v) is 3.33. The maximum Gasteiger partial charge on any atom is 0.123 e. The summed E-state index contributed by atoms with van der Waals surface area (Å²) in [6.45, 7) is 3.50. The van der Waals surface area contributed by atoms with E-state index in [2.05, 4.69) is 17.5 Å². The normalized spacial score (nSPS) is 15.6. The lowest BCUT2D eigenvalue weighted by atomic mass is 9.81. The largest absolute Gasteiger partial charge is 0.508 e. The van der Waals surface area contributed by atoms with Gasteiger partial charge in [0.15, 0.2) is 0 Å². The number of phenols is 2. The standard InChI is InChI=1S/C15H13N3O2/c1-8-12(6-16)15(13(7-17)9(2)18-8)11-4-3-10(19)5-14(11)20/h3-5,15,18-20H,1-2H3. The predicted octanol–water partition coefficient (Wildman–Crippen LogP) is 2.38. The highest BCUT2D eigenvalue weighted by molar-refractivity contribution is 5.58. The maximum atomic E-state index is 10.00. The van der Waals surface area contributed by atoms with Crippen LogP contribution in [-0.4, -0.2) is 10.2 Å². The molecule has 100 valence electrons. The minimum absolute atomic E-state index is 0.0707. The minimum atomic E-state index is -0.619. The van der Waals surface area contributed by atoms with Gasteiger partial charge in [-0.2, -0.15) is 10.5 Å². The zero-order chi connectivity index (χ0) is 14.9. The molecule has 0 saturated heterocycles. The van der Waals surface area contributed by atoms with Gasteiger partial charge in [0, 0.05) is 23.0 Å². The summed E-state index contributed by atoms with van der Waals surface area (Å²) in [6.07, 6.45) is 0. The summed E-state index contributed by atoms with van der Waals surface area (Å²) >= 11 is 0. The summed E-state index contributed by atoms with van der Waals surface area (Å²) in [5, 5.41) is 41.0. The second-order valence-corrected chi connectivity index (χ2v) is 4.60. The topological polar surface area (TPSA) is 100 Å². The van der Waals surface area contributed by atoms with E-state index in [1.165, 1.54) is 18.2 Å². The van der Waals surface area contributed by atoms with Crippen molar-refractivity contribution in [3.05, 3.63) is 46.3 Å². The Bertz CT molecular complexity index is 682. The fourth-order valence-corrected chi connectivity index (χ4v) is 2.38. The van der Waals surface area contributed by atoms with E-state index in [1.54, 1.807) is 13.8 Å². The Balaban J connectivity index is 2.69. The lowest BCUT2D eigenvalue weighted by Crippen LogP contribution is -2.23. The Labute approximate surface area is 116 Å². The van der Waals surface area contributed by atoms with Crippen LogP contribution in [0.3, 0.4) is 0 Å². The first-order valence-electron chi connectivity index (χ1n) is 6.00. The molecule has 0 amide bonds. The van der Waals surface area contributed by atoms with Crippen LogP contribution < -0.4 is 5.32 Å². The van der Waals surface area contributed by atoms with Crippen molar-refractivity contribution in [1.82, 2.24) is 5.32 Å². The van der Waals surface area contributed by atoms with Crippen LogP contribution in [0, 0.1) is 22.7 Å². The van der Waals surface area contributed by atoms with Crippen molar-refractivity contribution < 1.29 is 10.2 Å². The summed E-state index contributed by atoms with van der Waals surface area (Å²) in [4.78, 5) is 0. The molecule has 0 spiro atoms. The van der Waals surface area contributed by atoms with Gasteiger partial charge in [-0.15, -0.1) is 0 Å². The fraction of sp³-hybridized carbons (Fsp3) is 0.200. The molecular weight excluding hydrogens is 254 g/mol. The van der Waals surface area contributed by atoms with Crippen molar-refractivity contribution in [3.63, 3.8) is 0 Å². The van der Waals surface area contributed by atoms with E-state index < -0.39 is 5.92 Å². The number of aromatic hydroxyl groups is 2. The Morgan fingerprint density at radius 2 is 1.60 bits per heavy atom. The first kappa shape index (κ1) is 13.5. The highest BCUT2D eigenvalue weighted by Gasteiger charge is 2.31. The van der Waals surface area contributed by atoms with Crippen molar-refractivity contribution in [1.29, 1.82) is 10.5 Å². The number of dihydropyridines is 1. The molecule has 20 heavy (non-hydrogen) atoms. The van der Waals surface area contributed by atoms with Crippen molar-refractivity contribution in [2.75, 3.05) is 0 Å². The van der Waals surface area contributed by atoms with Gasteiger partial charge in [-0.1, -0.05) is 6.07 Å². The Hall–Kier alpha value is -2.92. The van der Waals surface area contributed by atoms with Crippen LogP contribution in [0.25, 0.3) is 0 Å². The van der Waals surface area contributed by atoms with Crippen molar-refractivity contribution >= 4 is 0 Å². The molecule has 0 unspecified atom stereocenters. The SMILES string of the molecule is CC1=C(C#N)C(c2ccc(O)cc2O)C(C#N)=C(C)N1. The molecule has 1 aromatic carbocycles. The molecule has 1 heterocycles. The third-order valence-electron chi connectivity index (χ3n) is 3.33. The number of benzene rings is 1. The number of nitriles is 2. The molecule has 0 aliphatic carbocycles.